The molecule has 0 aliphatic heterocycles. The highest BCUT2D eigenvalue weighted by atomic mass is 35.5. The molecule has 0 saturated carbocycles. The summed E-state index contributed by atoms with van der Waals surface area (Å²) in [7, 11) is 0. The molecule has 0 fully saturated rings. The zero-order valence-corrected chi connectivity index (χ0v) is 13.4. The van der Waals surface area contributed by atoms with Crippen LogP contribution in [0.3, 0.4) is 0 Å². The number of ether oxygens (including phenoxy) is 2. The minimum absolute atomic E-state index is 0.257. The summed E-state index contributed by atoms with van der Waals surface area (Å²) in [6, 6.07) is 6.98. The number of carbonyl (C=O) groups excluding carboxylic acids is 1. The molecule has 1 aromatic heterocycles. The number of rotatable bonds is 5. The summed E-state index contributed by atoms with van der Waals surface area (Å²) >= 11 is 10.2. The van der Waals surface area contributed by atoms with Gasteiger partial charge in [-0.15, -0.1) is 12.6 Å². The molecule has 2 aromatic rings. The zero-order valence-electron chi connectivity index (χ0n) is 11.7. The molecule has 0 amide bonds. The number of nitrogens with zero attached hydrogens (tertiary/aromatic N) is 1. The van der Waals surface area contributed by atoms with E-state index in [-0.39, 0.29) is 5.92 Å². The monoisotopic (exact) mass is 325 g/mol. The van der Waals surface area contributed by atoms with E-state index in [0.29, 0.717) is 22.9 Å². The molecular weight excluding hydrogens is 310 g/mol. The second-order valence-electron chi connectivity index (χ2n) is 4.94. The lowest BCUT2D eigenvalue weighted by Gasteiger charge is -2.15. The van der Waals surface area contributed by atoms with E-state index in [1.165, 1.54) is 0 Å². The highest BCUT2D eigenvalue weighted by Gasteiger charge is 2.19. The highest BCUT2D eigenvalue weighted by molar-refractivity contribution is 7.81. The average Bonchev–Trinajstić information content (AvgIpc) is 2.47. The minimum Gasteiger partial charge on any atom is -0.466 e. The van der Waals surface area contributed by atoms with Gasteiger partial charge in [0.1, 0.15) is 11.3 Å². The van der Waals surface area contributed by atoms with Crippen molar-refractivity contribution < 1.29 is 14.3 Å². The van der Waals surface area contributed by atoms with Crippen LogP contribution in [-0.4, -0.2) is 23.0 Å². The lowest BCUT2D eigenvalue weighted by atomic mass is 10.2. The largest absolute Gasteiger partial charge is 0.466 e. The SMILES string of the molecule is CC(C)COC(=O)C(S)Oc1ccc(Cl)c2cccnc12. The predicted octanol–water partition coefficient (Wildman–Crippen LogP) is 3.72. The number of halogens is 1. The Kier molecular flexibility index (Phi) is 5.31. The maximum absolute atomic E-state index is 11.8. The van der Waals surface area contributed by atoms with Gasteiger partial charge in [-0.25, -0.2) is 4.79 Å². The second kappa shape index (κ2) is 7.00. The average molecular weight is 326 g/mol. The zero-order chi connectivity index (χ0) is 15.4. The van der Waals surface area contributed by atoms with Crippen LogP contribution in [0.1, 0.15) is 13.8 Å². The molecular formula is C15H16ClNO3S. The number of hydrogen-bond acceptors (Lipinski definition) is 5. The van der Waals surface area contributed by atoms with Crippen molar-refractivity contribution in [1.82, 2.24) is 4.98 Å². The number of aromatic nitrogens is 1. The van der Waals surface area contributed by atoms with Crippen molar-refractivity contribution in [3.05, 3.63) is 35.5 Å². The van der Waals surface area contributed by atoms with Gasteiger partial charge in [-0.2, -0.15) is 0 Å². The fourth-order valence-electron chi connectivity index (χ4n) is 1.70. The first kappa shape index (κ1) is 15.9. The number of benzene rings is 1. The first-order valence-electron chi connectivity index (χ1n) is 6.53. The van der Waals surface area contributed by atoms with E-state index in [9.17, 15) is 4.79 Å². The predicted molar refractivity (Wildman–Crippen MR) is 86.0 cm³/mol. The standard InChI is InChI=1S/C15H16ClNO3S/c1-9(2)8-19-14(18)15(21)20-12-6-5-11(16)10-4-3-7-17-13(10)12/h3-7,9,15,21H,8H2,1-2H3. The van der Waals surface area contributed by atoms with Gasteiger partial charge in [-0.3, -0.25) is 4.98 Å². The lowest BCUT2D eigenvalue weighted by molar-refractivity contribution is -0.148. The molecule has 1 atom stereocenters. The number of thiol groups is 1. The molecule has 4 nitrogen and oxygen atoms in total. The molecule has 0 aliphatic carbocycles. The Hall–Kier alpha value is -1.46. The maximum atomic E-state index is 11.8. The molecule has 1 unspecified atom stereocenters. The first-order valence-corrected chi connectivity index (χ1v) is 7.43. The fourth-order valence-corrected chi connectivity index (χ4v) is 2.10. The molecule has 0 radical (unpaired) electrons. The lowest BCUT2D eigenvalue weighted by Crippen LogP contribution is -2.25. The molecule has 6 heteroatoms. The van der Waals surface area contributed by atoms with Gasteiger partial charge in [-0.05, 0) is 30.2 Å². The molecule has 0 spiro atoms. The van der Waals surface area contributed by atoms with E-state index in [2.05, 4.69) is 17.6 Å². The minimum atomic E-state index is -1.00. The van der Waals surface area contributed by atoms with Gasteiger partial charge < -0.3 is 9.47 Å². The van der Waals surface area contributed by atoms with Gasteiger partial charge in [-0.1, -0.05) is 25.4 Å². The Morgan fingerprint density at radius 3 is 2.86 bits per heavy atom. The molecule has 0 saturated heterocycles. The van der Waals surface area contributed by atoms with Crippen molar-refractivity contribution in [2.45, 2.75) is 19.3 Å². The van der Waals surface area contributed by atoms with Gasteiger partial charge in [0.15, 0.2) is 0 Å². The quantitative estimate of drug-likeness (QED) is 0.517. The molecule has 112 valence electrons. The van der Waals surface area contributed by atoms with Crippen LogP contribution in [-0.2, 0) is 9.53 Å². The maximum Gasteiger partial charge on any atom is 0.357 e. The summed E-state index contributed by atoms with van der Waals surface area (Å²) in [6.45, 7) is 4.25. The molecule has 0 N–H and O–H groups in total. The molecule has 1 aromatic carbocycles. The first-order chi connectivity index (χ1) is 9.99. The Bertz CT molecular complexity index is 648. The van der Waals surface area contributed by atoms with Crippen LogP contribution < -0.4 is 4.74 Å². The molecule has 2 rings (SSSR count). The number of pyridine rings is 1. The van der Waals surface area contributed by atoms with Crippen LogP contribution in [0.15, 0.2) is 30.5 Å². The van der Waals surface area contributed by atoms with E-state index in [0.717, 1.165) is 5.39 Å². The van der Waals surface area contributed by atoms with Crippen LogP contribution in [0, 0.1) is 5.92 Å². The van der Waals surface area contributed by atoms with Crippen LogP contribution in [0.4, 0.5) is 0 Å². The molecule has 1 heterocycles. The van der Waals surface area contributed by atoms with Gasteiger partial charge in [0.2, 0.25) is 5.44 Å². The summed E-state index contributed by atoms with van der Waals surface area (Å²) in [5.74, 6) is 0.176. The fraction of sp³-hybridized carbons (Fsp3) is 0.333. The van der Waals surface area contributed by atoms with E-state index in [4.69, 9.17) is 21.1 Å². The number of hydrogen-bond donors (Lipinski definition) is 1. The third-order valence-corrected chi connectivity index (χ3v) is 3.32. The van der Waals surface area contributed by atoms with Crippen molar-refractivity contribution in [2.24, 2.45) is 5.92 Å². The Morgan fingerprint density at radius 1 is 1.38 bits per heavy atom. The van der Waals surface area contributed by atoms with Crippen molar-refractivity contribution in [1.29, 1.82) is 0 Å². The molecule has 21 heavy (non-hydrogen) atoms. The summed E-state index contributed by atoms with van der Waals surface area (Å²) in [4.78, 5) is 16.0. The van der Waals surface area contributed by atoms with E-state index >= 15 is 0 Å². The molecule has 0 bridgehead atoms. The van der Waals surface area contributed by atoms with Crippen molar-refractivity contribution in [3.63, 3.8) is 0 Å². The normalized spacial score (nSPS) is 12.4. The highest BCUT2D eigenvalue weighted by Crippen LogP contribution is 2.30. The van der Waals surface area contributed by atoms with Gasteiger partial charge in [0.25, 0.3) is 0 Å². The number of esters is 1. The smallest absolute Gasteiger partial charge is 0.357 e. The number of carbonyl (C=O) groups is 1. The van der Waals surface area contributed by atoms with Crippen LogP contribution in [0.2, 0.25) is 5.02 Å². The third-order valence-electron chi connectivity index (χ3n) is 2.68. The van der Waals surface area contributed by atoms with Crippen LogP contribution in [0.25, 0.3) is 10.9 Å². The van der Waals surface area contributed by atoms with Gasteiger partial charge in [0.05, 0.1) is 11.6 Å². The van der Waals surface area contributed by atoms with E-state index in [1.807, 2.05) is 19.9 Å². The summed E-state index contributed by atoms with van der Waals surface area (Å²) in [6.07, 6.45) is 1.64. The second-order valence-corrected chi connectivity index (χ2v) is 5.82. The van der Waals surface area contributed by atoms with Gasteiger partial charge in [0, 0.05) is 11.6 Å². The topological polar surface area (TPSA) is 48.4 Å². The van der Waals surface area contributed by atoms with Crippen molar-refractivity contribution in [2.75, 3.05) is 6.61 Å². The van der Waals surface area contributed by atoms with Gasteiger partial charge >= 0.3 is 5.97 Å². The van der Waals surface area contributed by atoms with Crippen molar-refractivity contribution in [3.8, 4) is 5.75 Å². The summed E-state index contributed by atoms with van der Waals surface area (Å²) < 4.78 is 10.6. The Balaban J connectivity index is 2.16. The van der Waals surface area contributed by atoms with Crippen molar-refractivity contribution >= 4 is 41.1 Å². The number of fused-ring (bicyclic) bond motifs is 1. The van der Waals surface area contributed by atoms with Crippen LogP contribution >= 0.6 is 24.2 Å². The third kappa shape index (κ3) is 4.02. The molecule has 0 aliphatic rings. The van der Waals surface area contributed by atoms with E-state index < -0.39 is 11.4 Å². The van der Waals surface area contributed by atoms with Crippen LogP contribution in [0.5, 0.6) is 5.75 Å². The summed E-state index contributed by atoms with van der Waals surface area (Å²) in [5, 5.41) is 1.33. The summed E-state index contributed by atoms with van der Waals surface area (Å²) in [5.41, 5.74) is -0.421. The Labute approximate surface area is 133 Å². The Morgan fingerprint density at radius 2 is 2.14 bits per heavy atom. The van der Waals surface area contributed by atoms with E-state index in [1.54, 1.807) is 24.4 Å².